The van der Waals surface area contributed by atoms with E-state index in [1.54, 1.807) is 6.92 Å². The minimum Gasteiger partial charge on any atom is -0.467 e. The monoisotopic (exact) mass is 310 g/mol. The average molecular weight is 310 g/mol. The highest BCUT2D eigenvalue weighted by molar-refractivity contribution is 5.85. The summed E-state index contributed by atoms with van der Waals surface area (Å²) in [5.74, 6) is -3.31. The number of nitriles is 1. The predicted molar refractivity (Wildman–Crippen MR) is 73.4 cm³/mol. The van der Waals surface area contributed by atoms with Crippen LogP contribution in [0, 0.1) is 28.9 Å². The number of amides is 1. The highest BCUT2D eigenvalue weighted by atomic mass is 19.1. The lowest BCUT2D eigenvalue weighted by atomic mass is 10.0. The predicted octanol–water partition coefficient (Wildman–Crippen LogP) is 1.71. The number of carbonyl (C=O) groups excluding carboxylic acids is 2. The molecule has 1 aromatic rings. The van der Waals surface area contributed by atoms with Crippen molar-refractivity contribution in [1.29, 1.82) is 5.26 Å². The molecule has 0 saturated carbocycles. The molecule has 0 heterocycles. The Morgan fingerprint density at radius 2 is 1.91 bits per heavy atom. The first-order chi connectivity index (χ1) is 10.3. The second-order valence-electron chi connectivity index (χ2n) is 4.86. The van der Waals surface area contributed by atoms with Crippen LogP contribution in [-0.4, -0.2) is 25.0 Å². The zero-order valence-corrected chi connectivity index (χ0v) is 12.2. The Labute approximate surface area is 126 Å². The van der Waals surface area contributed by atoms with Gasteiger partial charge >= 0.3 is 5.97 Å². The van der Waals surface area contributed by atoms with Crippen LogP contribution in [0.5, 0.6) is 0 Å². The Hall–Kier alpha value is -2.49. The number of halogens is 2. The normalized spacial score (nSPS) is 12.9. The van der Waals surface area contributed by atoms with Crippen LogP contribution >= 0.6 is 0 Å². The summed E-state index contributed by atoms with van der Waals surface area (Å²) in [7, 11) is 1.17. The molecule has 0 spiro atoms. The van der Waals surface area contributed by atoms with Crippen LogP contribution < -0.4 is 5.32 Å². The van der Waals surface area contributed by atoms with E-state index in [0.29, 0.717) is 6.07 Å². The van der Waals surface area contributed by atoms with Crippen LogP contribution in [-0.2, 0) is 20.7 Å². The summed E-state index contributed by atoms with van der Waals surface area (Å²) >= 11 is 0. The number of nitrogens with one attached hydrogen (secondary N) is 1. The van der Waals surface area contributed by atoms with Crippen LogP contribution in [0.25, 0.3) is 0 Å². The molecule has 1 rings (SSSR count). The van der Waals surface area contributed by atoms with Gasteiger partial charge in [-0.25, -0.2) is 13.6 Å². The van der Waals surface area contributed by atoms with Gasteiger partial charge in [0.2, 0.25) is 5.91 Å². The largest absolute Gasteiger partial charge is 0.467 e. The van der Waals surface area contributed by atoms with Crippen LogP contribution in [0.2, 0.25) is 0 Å². The Morgan fingerprint density at radius 1 is 1.32 bits per heavy atom. The number of rotatable bonds is 6. The summed E-state index contributed by atoms with van der Waals surface area (Å²) < 4.78 is 30.7. The second-order valence-corrected chi connectivity index (χ2v) is 4.86. The molecule has 22 heavy (non-hydrogen) atoms. The minimum atomic E-state index is -0.981. The smallest absolute Gasteiger partial charge is 0.328 e. The molecule has 0 aromatic heterocycles. The molecule has 0 aliphatic heterocycles. The molecule has 2 atom stereocenters. The molecule has 5 nitrogen and oxygen atoms in total. The molecule has 0 aliphatic carbocycles. The summed E-state index contributed by atoms with van der Waals surface area (Å²) in [5.41, 5.74) is 0.145. The standard InChI is InChI=1S/C15H16F2N2O3/c1-9(8-18)3-13(15(21)22-2)19-14(20)6-10-4-11(16)7-12(17)5-10/h4-5,7,9,13H,3,6H2,1-2H3,(H,19,20)/t9-,13+/m0/s1. The van der Waals surface area contributed by atoms with Gasteiger partial charge in [0, 0.05) is 12.0 Å². The highest BCUT2D eigenvalue weighted by Crippen LogP contribution is 2.10. The highest BCUT2D eigenvalue weighted by Gasteiger charge is 2.24. The molecule has 1 aromatic carbocycles. The fourth-order valence-electron chi connectivity index (χ4n) is 1.91. The van der Waals surface area contributed by atoms with E-state index in [2.05, 4.69) is 10.1 Å². The van der Waals surface area contributed by atoms with Crippen molar-refractivity contribution in [3.63, 3.8) is 0 Å². The van der Waals surface area contributed by atoms with E-state index >= 15 is 0 Å². The van der Waals surface area contributed by atoms with Gasteiger partial charge in [0.15, 0.2) is 0 Å². The number of nitrogens with zero attached hydrogens (tertiary/aromatic N) is 1. The molecule has 0 radical (unpaired) electrons. The Morgan fingerprint density at radius 3 is 2.41 bits per heavy atom. The average Bonchev–Trinajstić information content (AvgIpc) is 2.44. The Bertz CT molecular complexity index is 579. The molecule has 0 aliphatic rings. The third-order valence-corrected chi connectivity index (χ3v) is 2.92. The van der Waals surface area contributed by atoms with Gasteiger partial charge < -0.3 is 10.1 Å². The van der Waals surface area contributed by atoms with E-state index in [0.717, 1.165) is 12.1 Å². The number of methoxy groups -OCH3 is 1. The molecular weight excluding hydrogens is 294 g/mol. The lowest BCUT2D eigenvalue weighted by molar-refractivity contribution is -0.145. The quantitative estimate of drug-likeness (QED) is 0.811. The van der Waals surface area contributed by atoms with Gasteiger partial charge in [-0.1, -0.05) is 0 Å². The number of hydrogen-bond acceptors (Lipinski definition) is 4. The van der Waals surface area contributed by atoms with Gasteiger partial charge in [-0.2, -0.15) is 5.26 Å². The Balaban J connectivity index is 2.74. The van der Waals surface area contributed by atoms with Crippen molar-refractivity contribution >= 4 is 11.9 Å². The first-order valence-electron chi connectivity index (χ1n) is 6.57. The summed E-state index contributed by atoms with van der Waals surface area (Å²) in [5, 5.41) is 11.2. The van der Waals surface area contributed by atoms with Gasteiger partial charge in [-0.05, 0) is 31.0 Å². The fourth-order valence-corrected chi connectivity index (χ4v) is 1.91. The Kier molecular flexibility index (Phi) is 6.45. The van der Waals surface area contributed by atoms with Crippen LogP contribution in [0.1, 0.15) is 18.9 Å². The van der Waals surface area contributed by atoms with Gasteiger partial charge in [-0.3, -0.25) is 4.79 Å². The maximum atomic E-state index is 13.1. The van der Waals surface area contributed by atoms with Crippen molar-refractivity contribution in [1.82, 2.24) is 5.32 Å². The van der Waals surface area contributed by atoms with Gasteiger partial charge in [-0.15, -0.1) is 0 Å². The van der Waals surface area contributed by atoms with Crippen molar-refractivity contribution in [2.75, 3.05) is 7.11 Å². The van der Waals surface area contributed by atoms with E-state index in [9.17, 15) is 18.4 Å². The minimum absolute atomic E-state index is 0.0897. The van der Waals surface area contributed by atoms with Crippen molar-refractivity contribution in [2.24, 2.45) is 5.92 Å². The van der Waals surface area contributed by atoms with E-state index in [1.165, 1.54) is 7.11 Å². The molecular formula is C15H16F2N2O3. The van der Waals surface area contributed by atoms with E-state index in [1.807, 2.05) is 6.07 Å². The van der Waals surface area contributed by atoms with E-state index in [-0.39, 0.29) is 18.4 Å². The van der Waals surface area contributed by atoms with Crippen LogP contribution in [0.15, 0.2) is 18.2 Å². The van der Waals surface area contributed by atoms with Crippen molar-refractivity contribution in [3.05, 3.63) is 35.4 Å². The topological polar surface area (TPSA) is 79.2 Å². The number of hydrogen-bond donors (Lipinski definition) is 1. The van der Waals surface area contributed by atoms with Crippen LogP contribution in [0.4, 0.5) is 8.78 Å². The summed E-state index contributed by atoms with van der Waals surface area (Å²) in [6, 6.07) is 3.75. The number of ether oxygens (including phenoxy) is 1. The summed E-state index contributed by atoms with van der Waals surface area (Å²) in [4.78, 5) is 23.5. The maximum Gasteiger partial charge on any atom is 0.328 e. The lowest BCUT2D eigenvalue weighted by Crippen LogP contribution is -2.43. The second kappa shape index (κ2) is 8.08. The third kappa shape index (κ3) is 5.48. The van der Waals surface area contributed by atoms with E-state index in [4.69, 9.17) is 5.26 Å². The van der Waals surface area contributed by atoms with Crippen molar-refractivity contribution < 1.29 is 23.1 Å². The number of carbonyl (C=O) groups is 2. The first kappa shape index (κ1) is 17.6. The molecule has 1 N–H and O–H groups in total. The molecule has 0 fully saturated rings. The molecule has 7 heteroatoms. The molecule has 0 bridgehead atoms. The maximum absolute atomic E-state index is 13.1. The van der Waals surface area contributed by atoms with Gasteiger partial charge in [0.1, 0.15) is 17.7 Å². The molecule has 1 amide bonds. The van der Waals surface area contributed by atoms with Gasteiger partial charge in [0.05, 0.1) is 19.6 Å². The molecule has 0 unspecified atom stereocenters. The SMILES string of the molecule is COC(=O)[C@@H](C[C@H](C)C#N)NC(=O)Cc1cc(F)cc(F)c1. The van der Waals surface area contributed by atoms with Crippen molar-refractivity contribution in [3.8, 4) is 6.07 Å². The lowest BCUT2D eigenvalue weighted by Gasteiger charge is -2.17. The fraction of sp³-hybridized carbons (Fsp3) is 0.400. The molecule has 0 saturated heterocycles. The number of benzene rings is 1. The van der Waals surface area contributed by atoms with Crippen LogP contribution in [0.3, 0.4) is 0 Å². The van der Waals surface area contributed by atoms with Crippen molar-refractivity contribution in [2.45, 2.75) is 25.8 Å². The van der Waals surface area contributed by atoms with Gasteiger partial charge in [0.25, 0.3) is 0 Å². The summed E-state index contributed by atoms with van der Waals surface area (Å²) in [6.07, 6.45) is -0.199. The first-order valence-corrected chi connectivity index (χ1v) is 6.57. The number of esters is 1. The molecule has 118 valence electrons. The van der Waals surface area contributed by atoms with E-state index < -0.39 is 35.5 Å². The zero-order chi connectivity index (χ0) is 16.7. The summed E-state index contributed by atoms with van der Waals surface area (Å²) in [6.45, 7) is 1.60. The zero-order valence-electron chi connectivity index (χ0n) is 12.2. The third-order valence-electron chi connectivity index (χ3n) is 2.92.